The molecule has 21 heavy (non-hydrogen) atoms. The van der Waals surface area contributed by atoms with Crippen LogP contribution >= 0.6 is 11.6 Å². The molecule has 2 rings (SSSR count). The summed E-state index contributed by atoms with van der Waals surface area (Å²) in [6.07, 6.45) is 1.46. The number of nitrogens with two attached hydrogens (primary N) is 1. The molecule has 0 aliphatic carbocycles. The van der Waals surface area contributed by atoms with Crippen LogP contribution in [-0.4, -0.2) is 13.3 Å². The molecule has 0 unspecified atom stereocenters. The molecule has 0 aliphatic rings. The number of hydrazone groups is 1. The Hall–Kier alpha value is -2.27. The van der Waals surface area contributed by atoms with Gasteiger partial charge in [-0.3, -0.25) is 0 Å². The zero-order valence-corrected chi connectivity index (χ0v) is 12.1. The Morgan fingerprint density at radius 3 is 2.81 bits per heavy atom. The minimum Gasteiger partial charge on any atom is -0.493 e. The molecule has 110 valence electrons. The third-order valence-corrected chi connectivity index (χ3v) is 3.18. The molecule has 2 N–H and O–H groups in total. The molecule has 0 fully saturated rings. The minimum absolute atomic E-state index is 0.172. The molecule has 0 heterocycles. The largest absolute Gasteiger partial charge is 0.493 e. The van der Waals surface area contributed by atoms with Crippen molar-refractivity contribution >= 4 is 17.8 Å². The van der Waals surface area contributed by atoms with E-state index < -0.39 is 5.82 Å². The van der Waals surface area contributed by atoms with Crippen molar-refractivity contribution in [1.82, 2.24) is 0 Å². The normalized spacial score (nSPS) is 10.8. The van der Waals surface area contributed by atoms with Crippen molar-refractivity contribution in [2.75, 3.05) is 7.11 Å². The highest BCUT2D eigenvalue weighted by Crippen LogP contribution is 2.31. The van der Waals surface area contributed by atoms with Gasteiger partial charge < -0.3 is 15.3 Å². The summed E-state index contributed by atoms with van der Waals surface area (Å²) in [5.74, 6) is 5.83. The highest BCUT2D eigenvalue weighted by atomic mass is 35.5. The Morgan fingerprint density at radius 1 is 1.33 bits per heavy atom. The second-order valence-corrected chi connectivity index (χ2v) is 4.59. The van der Waals surface area contributed by atoms with Crippen LogP contribution in [0.5, 0.6) is 11.5 Å². The van der Waals surface area contributed by atoms with Crippen molar-refractivity contribution in [3.63, 3.8) is 0 Å². The summed E-state index contributed by atoms with van der Waals surface area (Å²) in [6, 6.07) is 9.49. The van der Waals surface area contributed by atoms with Crippen LogP contribution in [0.2, 0.25) is 5.02 Å². The fraction of sp³-hybridized carbons (Fsp3) is 0.133. The molecular weight excluding hydrogens is 295 g/mol. The molecule has 2 aromatic carbocycles. The highest BCUT2D eigenvalue weighted by molar-refractivity contribution is 6.31. The van der Waals surface area contributed by atoms with E-state index in [0.717, 1.165) is 0 Å². The maximum atomic E-state index is 13.0. The van der Waals surface area contributed by atoms with E-state index in [9.17, 15) is 4.39 Å². The number of rotatable bonds is 5. The summed E-state index contributed by atoms with van der Waals surface area (Å²) in [5, 5.41) is 3.79. The molecule has 2 aromatic rings. The first kappa shape index (κ1) is 15.1. The number of halogens is 2. The molecule has 0 aromatic heterocycles. The first-order chi connectivity index (χ1) is 10.2. The number of benzene rings is 2. The predicted molar refractivity (Wildman–Crippen MR) is 80.5 cm³/mol. The summed E-state index contributed by atoms with van der Waals surface area (Å²) in [5.41, 5.74) is 1.34. The summed E-state index contributed by atoms with van der Waals surface area (Å²) in [6.45, 7) is 0.172. The number of hydrogen-bond donors (Lipinski definition) is 1. The van der Waals surface area contributed by atoms with E-state index in [4.69, 9.17) is 26.9 Å². The van der Waals surface area contributed by atoms with Gasteiger partial charge in [0.1, 0.15) is 12.4 Å². The molecule has 0 bridgehead atoms. The summed E-state index contributed by atoms with van der Waals surface area (Å²) >= 11 is 5.97. The van der Waals surface area contributed by atoms with Crippen LogP contribution in [-0.2, 0) is 6.61 Å². The first-order valence-electron chi connectivity index (χ1n) is 6.12. The monoisotopic (exact) mass is 308 g/mol. The lowest BCUT2D eigenvalue weighted by atomic mass is 10.2. The van der Waals surface area contributed by atoms with Gasteiger partial charge in [-0.15, -0.1) is 0 Å². The van der Waals surface area contributed by atoms with Crippen LogP contribution < -0.4 is 15.3 Å². The molecule has 0 amide bonds. The van der Waals surface area contributed by atoms with Gasteiger partial charge in [-0.05, 0) is 24.3 Å². The van der Waals surface area contributed by atoms with Crippen molar-refractivity contribution in [3.8, 4) is 11.5 Å². The minimum atomic E-state index is -0.392. The molecule has 6 heteroatoms. The molecule has 4 nitrogen and oxygen atoms in total. The fourth-order valence-electron chi connectivity index (χ4n) is 1.82. The average molecular weight is 309 g/mol. The van der Waals surface area contributed by atoms with Gasteiger partial charge in [0.05, 0.1) is 18.3 Å². The molecule has 0 spiro atoms. The number of nitrogens with zero attached hydrogens (tertiary/aromatic N) is 1. The zero-order valence-electron chi connectivity index (χ0n) is 11.3. The maximum absolute atomic E-state index is 13.0. The summed E-state index contributed by atoms with van der Waals surface area (Å²) in [7, 11) is 1.54. The van der Waals surface area contributed by atoms with E-state index in [0.29, 0.717) is 27.6 Å². The highest BCUT2D eigenvalue weighted by Gasteiger charge is 2.11. The van der Waals surface area contributed by atoms with E-state index in [-0.39, 0.29) is 6.61 Å². The number of hydrogen-bond acceptors (Lipinski definition) is 4. The standard InChI is InChI=1S/C15H14ClFN2O2/c1-20-14-4-2-3-10(8-19-18)15(14)21-9-11-5-6-12(17)7-13(11)16/h2-8H,9,18H2,1H3. The SMILES string of the molecule is COc1cccc(C=NN)c1OCc1ccc(F)cc1Cl. The van der Waals surface area contributed by atoms with Crippen LogP contribution in [0, 0.1) is 5.82 Å². The van der Waals surface area contributed by atoms with Crippen molar-refractivity contribution in [2.24, 2.45) is 10.9 Å². The van der Waals surface area contributed by atoms with Crippen molar-refractivity contribution in [1.29, 1.82) is 0 Å². The topological polar surface area (TPSA) is 56.8 Å². The lowest BCUT2D eigenvalue weighted by molar-refractivity contribution is 0.284. The van der Waals surface area contributed by atoms with E-state index in [1.54, 1.807) is 24.3 Å². The third kappa shape index (κ3) is 3.64. The fourth-order valence-corrected chi connectivity index (χ4v) is 2.04. The molecule has 0 radical (unpaired) electrons. The van der Waals surface area contributed by atoms with Crippen molar-refractivity contribution in [3.05, 3.63) is 58.4 Å². The smallest absolute Gasteiger partial charge is 0.170 e. The van der Waals surface area contributed by atoms with E-state index in [1.807, 2.05) is 0 Å². The Kier molecular flexibility index (Phi) is 5.00. The van der Waals surface area contributed by atoms with Gasteiger partial charge in [0.25, 0.3) is 0 Å². The Labute approximate surface area is 126 Å². The summed E-state index contributed by atoms with van der Waals surface area (Å²) in [4.78, 5) is 0. The van der Waals surface area contributed by atoms with Crippen molar-refractivity contribution in [2.45, 2.75) is 6.61 Å². The van der Waals surface area contributed by atoms with Crippen LogP contribution in [0.3, 0.4) is 0 Å². The Bertz CT molecular complexity index is 662. The average Bonchev–Trinajstić information content (AvgIpc) is 2.47. The van der Waals surface area contributed by atoms with Gasteiger partial charge in [-0.25, -0.2) is 4.39 Å². The second kappa shape index (κ2) is 6.95. The quantitative estimate of drug-likeness (QED) is 0.523. The lowest BCUT2D eigenvalue weighted by Gasteiger charge is -2.13. The van der Waals surface area contributed by atoms with E-state index in [1.165, 1.54) is 25.5 Å². The molecule has 0 saturated carbocycles. The number of para-hydroxylation sites is 1. The van der Waals surface area contributed by atoms with Gasteiger partial charge >= 0.3 is 0 Å². The predicted octanol–water partition coefficient (Wildman–Crippen LogP) is 3.36. The molecule has 0 saturated heterocycles. The molecular formula is C15H14ClFN2O2. The second-order valence-electron chi connectivity index (χ2n) is 4.18. The van der Waals surface area contributed by atoms with Crippen LogP contribution in [0.15, 0.2) is 41.5 Å². The van der Waals surface area contributed by atoms with Gasteiger partial charge in [-0.2, -0.15) is 5.10 Å². The zero-order chi connectivity index (χ0) is 15.2. The maximum Gasteiger partial charge on any atom is 0.170 e. The van der Waals surface area contributed by atoms with E-state index in [2.05, 4.69) is 5.10 Å². The van der Waals surface area contributed by atoms with Crippen LogP contribution in [0.1, 0.15) is 11.1 Å². The number of methoxy groups -OCH3 is 1. The van der Waals surface area contributed by atoms with Gasteiger partial charge in [0.2, 0.25) is 0 Å². The first-order valence-corrected chi connectivity index (χ1v) is 6.50. The Balaban J connectivity index is 2.26. The lowest BCUT2D eigenvalue weighted by Crippen LogP contribution is -2.02. The van der Waals surface area contributed by atoms with Crippen molar-refractivity contribution < 1.29 is 13.9 Å². The Morgan fingerprint density at radius 2 is 2.14 bits per heavy atom. The van der Waals surface area contributed by atoms with Crippen LogP contribution in [0.25, 0.3) is 0 Å². The molecule has 0 atom stereocenters. The summed E-state index contributed by atoms with van der Waals surface area (Å²) < 4.78 is 24.0. The van der Waals surface area contributed by atoms with Gasteiger partial charge in [0.15, 0.2) is 11.5 Å². The van der Waals surface area contributed by atoms with Crippen LogP contribution in [0.4, 0.5) is 4.39 Å². The number of ether oxygens (including phenoxy) is 2. The van der Waals surface area contributed by atoms with E-state index >= 15 is 0 Å². The van der Waals surface area contributed by atoms with Gasteiger partial charge in [-0.1, -0.05) is 23.7 Å². The van der Waals surface area contributed by atoms with Gasteiger partial charge in [0, 0.05) is 11.1 Å². The third-order valence-electron chi connectivity index (χ3n) is 2.83. The molecule has 0 aliphatic heterocycles.